The van der Waals surface area contributed by atoms with E-state index in [1.54, 1.807) is 10.9 Å². The largest absolute Gasteiger partial charge is 0.396 e. The van der Waals surface area contributed by atoms with Crippen molar-refractivity contribution in [3.8, 4) is 5.69 Å². The number of aromatic nitrogens is 4. The molecule has 114 valence electrons. The highest BCUT2D eigenvalue weighted by Crippen LogP contribution is 2.24. The average Bonchev–Trinajstić information content (AvgIpc) is 2.95. The first-order valence-electron chi connectivity index (χ1n) is 7.00. The highest BCUT2D eigenvalue weighted by molar-refractivity contribution is 6.31. The van der Waals surface area contributed by atoms with E-state index in [-0.39, 0.29) is 6.61 Å². The van der Waals surface area contributed by atoms with Gasteiger partial charge in [-0.05, 0) is 31.0 Å². The molecule has 0 radical (unpaired) electrons. The van der Waals surface area contributed by atoms with E-state index in [2.05, 4.69) is 20.4 Å². The second-order valence-electron chi connectivity index (χ2n) is 4.95. The number of fused-ring (bicyclic) bond motifs is 1. The molecular formula is C15H16ClN5O. The zero-order valence-electron chi connectivity index (χ0n) is 12.1. The van der Waals surface area contributed by atoms with Crippen LogP contribution in [0.4, 0.5) is 5.82 Å². The Hall–Kier alpha value is -2.18. The molecule has 0 spiro atoms. The van der Waals surface area contributed by atoms with Gasteiger partial charge in [-0.15, -0.1) is 0 Å². The maximum atomic E-state index is 8.86. The Bertz CT molecular complexity index is 802. The topological polar surface area (TPSA) is 75.9 Å². The highest BCUT2D eigenvalue weighted by Gasteiger charge is 2.11. The molecule has 3 rings (SSSR count). The molecule has 0 amide bonds. The third-order valence-corrected chi connectivity index (χ3v) is 3.80. The van der Waals surface area contributed by atoms with Gasteiger partial charge in [-0.1, -0.05) is 17.7 Å². The minimum atomic E-state index is 0.141. The van der Waals surface area contributed by atoms with Gasteiger partial charge in [-0.3, -0.25) is 0 Å². The Morgan fingerprint density at radius 1 is 1.32 bits per heavy atom. The fraction of sp³-hybridized carbons (Fsp3) is 0.267. The van der Waals surface area contributed by atoms with Gasteiger partial charge in [-0.25, -0.2) is 14.6 Å². The van der Waals surface area contributed by atoms with Crippen molar-refractivity contribution in [2.24, 2.45) is 0 Å². The number of halogens is 1. The molecule has 0 fully saturated rings. The minimum Gasteiger partial charge on any atom is -0.396 e. The fourth-order valence-corrected chi connectivity index (χ4v) is 2.35. The standard InChI is InChI=1S/C15H16ClN5O/c1-10-3-4-11(7-13(10)16)21-15-12(8-20-21)14(18-9-19-15)17-5-2-6-22/h3-4,7-9,22H,2,5-6H2,1H3,(H,17,18,19). The Kier molecular flexibility index (Phi) is 4.22. The van der Waals surface area contributed by atoms with Gasteiger partial charge in [0.05, 0.1) is 17.3 Å². The summed E-state index contributed by atoms with van der Waals surface area (Å²) in [5.41, 5.74) is 2.58. The van der Waals surface area contributed by atoms with E-state index >= 15 is 0 Å². The lowest BCUT2D eigenvalue weighted by molar-refractivity contribution is 0.292. The molecule has 2 aromatic heterocycles. The van der Waals surface area contributed by atoms with E-state index in [9.17, 15) is 0 Å². The molecule has 6 nitrogen and oxygen atoms in total. The van der Waals surface area contributed by atoms with Gasteiger partial charge in [0, 0.05) is 18.2 Å². The first kappa shape index (κ1) is 14.7. The van der Waals surface area contributed by atoms with Gasteiger partial charge in [0.25, 0.3) is 0 Å². The number of nitrogens with zero attached hydrogens (tertiary/aromatic N) is 4. The summed E-state index contributed by atoms with van der Waals surface area (Å²) >= 11 is 6.19. The van der Waals surface area contributed by atoms with Crippen LogP contribution < -0.4 is 5.32 Å². The fourth-order valence-electron chi connectivity index (χ4n) is 2.17. The van der Waals surface area contributed by atoms with Crippen LogP contribution in [0.25, 0.3) is 16.7 Å². The van der Waals surface area contributed by atoms with Crippen LogP contribution in [0.5, 0.6) is 0 Å². The maximum Gasteiger partial charge on any atom is 0.168 e. The third kappa shape index (κ3) is 2.75. The average molecular weight is 318 g/mol. The smallest absolute Gasteiger partial charge is 0.168 e. The molecule has 1 aromatic carbocycles. The van der Waals surface area contributed by atoms with Crippen LogP contribution in [-0.2, 0) is 0 Å². The van der Waals surface area contributed by atoms with Crippen molar-refractivity contribution in [1.82, 2.24) is 19.7 Å². The lowest BCUT2D eigenvalue weighted by Gasteiger charge is -2.07. The first-order chi connectivity index (χ1) is 10.7. The Labute approximate surface area is 132 Å². The van der Waals surface area contributed by atoms with E-state index in [1.165, 1.54) is 6.33 Å². The zero-order valence-corrected chi connectivity index (χ0v) is 12.9. The second kappa shape index (κ2) is 6.29. The molecule has 2 N–H and O–H groups in total. The normalized spacial score (nSPS) is 11.0. The summed E-state index contributed by atoms with van der Waals surface area (Å²) in [4.78, 5) is 8.55. The van der Waals surface area contributed by atoms with Gasteiger partial charge in [0.2, 0.25) is 0 Å². The number of hydrogen-bond acceptors (Lipinski definition) is 5. The molecule has 3 aromatic rings. The lowest BCUT2D eigenvalue weighted by atomic mass is 10.2. The van der Waals surface area contributed by atoms with E-state index in [4.69, 9.17) is 16.7 Å². The van der Waals surface area contributed by atoms with Crippen molar-refractivity contribution in [2.45, 2.75) is 13.3 Å². The molecule has 0 atom stereocenters. The number of aliphatic hydroxyl groups is 1. The Balaban J connectivity index is 2.01. The van der Waals surface area contributed by atoms with Crippen molar-refractivity contribution in [3.63, 3.8) is 0 Å². The molecule has 0 saturated carbocycles. The van der Waals surface area contributed by atoms with Crippen LogP contribution in [0, 0.1) is 6.92 Å². The van der Waals surface area contributed by atoms with Crippen LogP contribution in [0.15, 0.2) is 30.7 Å². The summed E-state index contributed by atoms with van der Waals surface area (Å²) in [6.07, 6.45) is 3.88. The number of aryl methyl sites for hydroxylation is 1. The van der Waals surface area contributed by atoms with E-state index in [0.29, 0.717) is 29.5 Å². The summed E-state index contributed by atoms with van der Waals surface area (Å²) in [5, 5.41) is 18.0. The molecule has 7 heteroatoms. The number of benzene rings is 1. The number of nitrogens with one attached hydrogen (secondary N) is 1. The molecule has 2 heterocycles. The van der Waals surface area contributed by atoms with Gasteiger partial charge in [0.1, 0.15) is 12.1 Å². The molecule has 0 bridgehead atoms. The van der Waals surface area contributed by atoms with E-state index < -0.39 is 0 Å². The van der Waals surface area contributed by atoms with Crippen molar-refractivity contribution < 1.29 is 5.11 Å². The quantitative estimate of drug-likeness (QED) is 0.707. The minimum absolute atomic E-state index is 0.141. The van der Waals surface area contributed by atoms with Gasteiger partial charge in [-0.2, -0.15) is 5.10 Å². The number of anilines is 1. The SMILES string of the molecule is Cc1ccc(-n2ncc3c(NCCCO)ncnc32)cc1Cl. The lowest BCUT2D eigenvalue weighted by Crippen LogP contribution is -2.06. The maximum absolute atomic E-state index is 8.86. The number of rotatable bonds is 5. The summed E-state index contributed by atoms with van der Waals surface area (Å²) in [5.74, 6) is 0.711. The van der Waals surface area contributed by atoms with Crippen LogP contribution in [0.3, 0.4) is 0 Å². The molecule has 22 heavy (non-hydrogen) atoms. The molecule has 0 aliphatic rings. The first-order valence-corrected chi connectivity index (χ1v) is 7.38. The van der Waals surface area contributed by atoms with Crippen molar-refractivity contribution in [2.75, 3.05) is 18.5 Å². The highest BCUT2D eigenvalue weighted by atomic mass is 35.5. The number of aliphatic hydroxyl groups excluding tert-OH is 1. The van der Waals surface area contributed by atoms with E-state index in [1.807, 2.05) is 25.1 Å². The predicted molar refractivity (Wildman–Crippen MR) is 86.6 cm³/mol. The summed E-state index contributed by atoms with van der Waals surface area (Å²) in [7, 11) is 0. The van der Waals surface area contributed by atoms with Gasteiger partial charge in [0.15, 0.2) is 5.65 Å². The van der Waals surface area contributed by atoms with Crippen LogP contribution >= 0.6 is 11.6 Å². The molecule has 0 saturated heterocycles. The molecule has 0 aliphatic heterocycles. The molecule has 0 unspecified atom stereocenters. The van der Waals surface area contributed by atoms with Crippen LogP contribution in [0.1, 0.15) is 12.0 Å². The zero-order chi connectivity index (χ0) is 15.5. The van der Waals surface area contributed by atoms with E-state index in [0.717, 1.165) is 16.6 Å². The van der Waals surface area contributed by atoms with Crippen molar-refractivity contribution in [3.05, 3.63) is 41.3 Å². The predicted octanol–water partition coefficient (Wildman–Crippen LogP) is 2.57. The number of hydrogen-bond donors (Lipinski definition) is 2. The van der Waals surface area contributed by atoms with Crippen LogP contribution in [-0.4, -0.2) is 38.0 Å². The van der Waals surface area contributed by atoms with Gasteiger partial charge < -0.3 is 10.4 Å². The monoisotopic (exact) mass is 317 g/mol. The Morgan fingerprint density at radius 2 is 2.18 bits per heavy atom. The third-order valence-electron chi connectivity index (χ3n) is 3.39. The van der Waals surface area contributed by atoms with Crippen LogP contribution in [0.2, 0.25) is 5.02 Å². The van der Waals surface area contributed by atoms with Crippen molar-refractivity contribution >= 4 is 28.5 Å². The second-order valence-corrected chi connectivity index (χ2v) is 5.36. The molecular weight excluding hydrogens is 302 g/mol. The summed E-state index contributed by atoms with van der Waals surface area (Å²) in [6.45, 7) is 2.74. The molecule has 0 aliphatic carbocycles. The Morgan fingerprint density at radius 3 is 2.95 bits per heavy atom. The summed E-state index contributed by atoms with van der Waals surface area (Å²) in [6, 6.07) is 5.77. The van der Waals surface area contributed by atoms with Crippen molar-refractivity contribution in [1.29, 1.82) is 0 Å². The summed E-state index contributed by atoms with van der Waals surface area (Å²) < 4.78 is 1.74. The van der Waals surface area contributed by atoms with Gasteiger partial charge >= 0.3 is 0 Å².